The van der Waals surface area contributed by atoms with Crippen molar-refractivity contribution in [2.24, 2.45) is 5.92 Å². The monoisotopic (exact) mass is 476 g/mol. The first-order valence-electron chi connectivity index (χ1n) is 12.3. The standard InChI is InChI=1S/C29H36N2O4/c1-5-15-31-16-14-29(23-12-9-13-25(17-23)34-4)19-24(18-27(26(29)20-31)35-21(2)32)30(3)28(33)22-10-7-6-8-11-22/h5-13,17,24,26-27H,1,14-16,18-20H2,2-4H3. The van der Waals surface area contributed by atoms with Crippen molar-refractivity contribution in [2.75, 3.05) is 33.8 Å². The lowest BCUT2D eigenvalue weighted by molar-refractivity contribution is -0.158. The van der Waals surface area contributed by atoms with Gasteiger partial charge in [0.25, 0.3) is 5.91 Å². The highest BCUT2D eigenvalue weighted by molar-refractivity contribution is 5.94. The molecule has 1 aliphatic heterocycles. The van der Waals surface area contributed by atoms with Gasteiger partial charge in [-0.3, -0.25) is 14.5 Å². The number of esters is 1. The fourth-order valence-electron chi connectivity index (χ4n) is 6.10. The van der Waals surface area contributed by atoms with Crippen LogP contribution in [-0.2, 0) is 14.9 Å². The smallest absolute Gasteiger partial charge is 0.302 e. The number of likely N-dealkylation sites (tertiary alicyclic amines) is 1. The van der Waals surface area contributed by atoms with Crippen molar-refractivity contribution in [2.45, 2.75) is 43.7 Å². The number of hydrogen-bond acceptors (Lipinski definition) is 5. The molecule has 6 nitrogen and oxygen atoms in total. The predicted molar refractivity (Wildman–Crippen MR) is 137 cm³/mol. The number of ether oxygens (including phenoxy) is 2. The second kappa shape index (κ2) is 10.6. The average Bonchev–Trinajstić information content (AvgIpc) is 2.88. The van der Waals surface area contributed by atoms with Crippen LogP contribution >= 0.6 is 0 Å². The number of piperidine rings is 1. The number of benzene rings is 2. The van der Waals surface area contributed by atoms with Crippen LogP contribution in [0.3, 0.4) is 0 Å². The first-order valence-corrected chi connectivity index (χ1v) is 12.3. The van der Waals surface area contributed by atoms with Gasteiger partial charge in [-0.05, 0) is 49.2 Å². The molecule has 6 heteroatoms. The summed E-state index contributed by atoms with van der Waals surface area (Å²) in [6.45, 7) is 7.91. The maximum Gasteiger partial charge on any atom is 0.302 e. The van der Waals surface area contributed by atoms with Gasteiger partial charge in [0, 0.05) is 56.4 Å². The molecule has 2 aromatic carbocycles. The zero-order chi connectivity index (χ0) is 25.0. The van der Waals surface area contributed by atoms with E-state index < -0.39 is 0 Å². The van der Waals surface area contributed by atoms with Gasteiger partial charge in [0.05, 0.1) is 7.11 Å². The van der Waals surface area contributed by atoms with E-state index in [9.17, 15) is 9.59 Å². The Kier molecular flexibility index (Phi) is 7.60. The number of rotatable bonds is 7. The molecule has 186 valence electrons. The molecule has 0 spiro atoms. The van der Waals surface area contributed by atoms with Crippen molar-refractivity contribution in [1.29, 1.82) is 0 Å². The normalized spacial score (nSPS) is 26.3. The molecular formula is C29H36N2O4. The Bertz CT molecular complexity index is 1060. The number of carbonyl (C=O) groups is 2. The van der Waals surface area contributed by atoms with Crippen LogP contribution < -0.4 is 4.74 Å². The summed E-state index contributed by atoms with van der Waals surface area (Å²) in [4.78, 5) is 29.8. The predicted octanol–water partition coefficient (Wildman–Crippen LogP) is 4.31. The maximum atomic E-state index is 13.4. The second-order valence-corrected chi connectivity index (χ2v) is 9.82. The van der Waals surface area contributed by atoms with E-state index in [1.165, 1.54) is 12.5 Å². The van der Waals surface area contributed by atoms with Crippen molar-refractivity contribution in [3.05, 3.63) is 78.4 Å². The zero-order valence-corrected chi connectivity index (χ0v) is 21.0. The van der Waals surface area contributed by atoms with E-state index in [0.29, 0.717) is 12.0 Å². The van der Waals surface area contributed by atoms with Gasteiger partial charge in [0.1, 0.15) is 11.9 Å². The first kappa shape index (κ1) is 25.0. The molecule has 0 radical (unpaired) electrons. The fourth-order valence-corrected chi connectivity index (χ4v) is 6.10. The largest absolute Gasteiger partial charge is 0.497 e. The number of fused-ring (bicyclic) bond motifs is 1. The summed E-state index contributed by atoms with van der Waals surface area (Å²) in [5, 5.41) is 0. The van der Waals surface area contributed by atoms with Gasteiger partial charge in [-0.1, -0.05) is 36.4 Å². The van der Waals surface area contributed by atoms with E-state index in [1.807, 2.05) is 60.5 Å². The quantitative estimate of drug-likeness (QED) is 0.440. The third kappa shape index (κ3) is 5.13. The Morgan fingerprint density at radius 2 is 1.97 bits per heavy atom. The zero-order valence-electron chi connectivity index (χ0n) is 21.0. The first-order chi connectivity index (χ1) is 16.9. The molecule has 1 heterocycles. The van der Waals surface area contributed by atoms with Gasteiger partial charge in [-0.2, -0.15) is 0 Å². The summed E-state index contributed by atoms with van der Waals surface area (Å²) in [5.74, 6) is 0.612. The third-order valence-electron chi connectivity index (χ3n) is 7.83. The Morgan fingerprint density at radius 3 is 2.66 bits per heavy atom. The fraction of sp³-hybridized carbons (Fsp3) is 0.448. The molecule has 0 aromatic heterocycles. The van der Waals surface area contributed by atoms with Crippen molar-refractivity contribution in [3.63, 3.8) is 0 Å². The van der Waals surface area contributed by atoms with E-state index in [4.69, 9.17) is 9.47 Å². The highest BCUT2D eigenvalue weighted by Gasteiger charge is 2.54. The van der Waals surface area contributed by atoms with Crippen LogP contribution in [0.1, 0.15) is 42.1 Å². The van der Waals surface area contributed by atoms with E-state index in [2.05, 4.69) is 23.6 Å². The molecule has 0 bridgehead atoms. The topological polar surface area (TPSA) is 59.1 Å². The Morgan fingerprint density at radius 1 is 1.20 bits per heavy atom. The van der Waals surface area contributed by atoms with Crippen LogP contribution in [0.2, 0.25) is 0 Å². The van der Waals surface area contributed by atoms with Gasteiger partial charge < -0.3 is 14.4 Å². The molecule has 2 fully saturated rings. The van der Waals surface area contributed by atoms with Crippen LogP contribution in [0.15, 0.2) is 67.3 Å². The minimum Gasteiger partial charge on any atom is -0.497 e. The number of nitrogens with zero attached hydrogens (tertiary/aromatic N) is 2. The number of methoxy groups -OCH3 is 1. The summed E-state index contributed by atoms with van der Waals surface area (Å²) in [5.41, 5.74) is 1.60. The van der Waals surface area contributed by atoms with E-state index in [1.54, 1.807) is 7.11 Å². The van der Waals surface area contributed by atoms with Crippen LogP contribution in [0.4, 0.5) is 0 Å². The van der Waals surface area contributed by atoms with Gasteiger partial charge in [0.15, 0.2) is 0 Å². The van der Waals surface area contributed by atoms with Crippen molar-refractivity contribution >= 4 is 11.9 Å². The Labute approximate surface area is 208 Å². The summed E-state index contributed by atoms with van der Waals surface area (Å²) in [6, 6.07) is 17.6. The molecule has 4 rings (SSSR count). The number of amides is 1. The summed E-state index contributed by atoms with van der Waals surface area (Å²) >= 11 is 0. The maximum absolute atomic E-state index is 13.4. The molecule has 1 saturated carbocycles. The molecule has 4 atom stereocenters. The van der Waals surface area contributed by atoms with E-state index in [0.717, 1.165) is 38.2 Å². The average molecular weight is 477 g/mol. The van der Waals surface area contributed by atoms with Crippen LogP contribution in [0.5, 0.6) is 5.75 Å². The molecule has 0 N–H and O–H groups in total. The van der Waals surface area contributed by atoms with Gasteiger partial charge in [0.2, 0.25) is 0 Å². The molecule has 1 saturated heterocycles. The van der Waals surface area contributed by atoms with Crippen LogP contribution in [0, 0.1) is 5.92 Å². The minimum atomic E-state index is -0.295. The SMILES string of the molecule is C=CCN1CCC2(c3cccc(OC)c3)CC(N(C)C(=O)c3ccccc3)CC(OC(C)=O)C2C1. The second-order valence-electron chi connectivity index (χ2n) is 9.82. The molecule has 2 aliphatic rings. The van der Waals surface area contributed by atoms with Gasteiger partial charge in [-0.15, -0.1) is 6.58 Å². The summed E-state index contributed by atoms with van der Waals surface area (Å²) < 4.78 is 11.6. The number of hydrogen-bond donors (Lipinski definition) is 0. The molecule has 1 amide bonds. The van der Waals surface area contributed by atoms with Crippen LogP contribution in [-0.4, -0.2) is 67.6 Å². The van der Waals surface area contributed by atoms with Crippen molar-refractivity contribution in [1.82, 2.24) is 9.80 Å². The molecular weight excluding hydrogens is 440 g/mol. The molecule has 1 aliphatic carbocycles. The summed E-state index contributed by atoms with van der Waals surface area (Å²) in [7, 11) is 3.55. The van der Waals surface area contributed by atoms with Crippen LogP contribution in [0.25, 0.3) is 0 Å². The molecule has 35 heavy (non-hydrogen) atoms. The number of carbonyl (C=O) groups excluding carboxylic acids is 2. The molecule has 2 aromatic rings. The van der Waals surface area contributed by atoms with Gasteiger partial charge >= 0.3 is 5.97 Å². The highest BCUT2D eigenvalue weighted by Crippen LogP contribution is 2.51. The lowest BCUT2D eigenvalue weighted by Crippen LogP contribution is -2.61. The highest BCUT2D eigenvalue weighted by atomic mass is 16.5. The lowest BCUT2D eigenvalue weighted by atomic mass is 9.56. The third-order valence-corrected chi connectivity index (χ3v) is 7.83. The Balaban J connectivity index is 1.75. The van der Waals surface area contributed by atoms with E-state index >= 15 is 0 Å². The van der Waals surface area contributed by atoms with Gasteiger partial charge in [-0.25, -0.2) is 0 Å². The minimum absolute atomic E-state index is 0.0134. The molecule has 4 unspecified atom stereocenters. The van der Waals surface area contributed by atoms with E-state index in [-0.39, 0.29) is 35.4 Å². The van der Waals surface area contributed by atoms with Crippen molar-refractivity contribution < 1.29 is 19.1 Å². The Hall–Kier alpha value is -3.12. The van der Waals surface area contributed by atoms with Crippen molar-refractivity contribution in [3.8, 4) is 5.75 Å². The summed E-state index contributed by atoms with van der Waals surface area (Å²) in [6.07, 6.45) is 3.96. The lowest BCUT2D eigenvalue weighted by Gasteiger charge is -2.56.